The second kappa shape index (κ2) is 13.5. The predicted molar refractivity (Wildman–Crippen MR) is 190 cm³/mol. The Labute approximate surface area is 312 Å². The third kappa shape index (κ3) is 7.16. The quantitative estimate of drug-likeness (QED) is 0.109. The standard InChI is InChI=1S/C35H30F6N10OS2/c1-19-29(53-18-42-19)17-48(23-7-9-24(10-8-23)49-27(21-3-4-21)15-30(45-49)34(36,37)38)51(33(52)43-32-20(2)44-47-54-32)26-13-11-25(12-14-26)50-28(22-5-6-22)16-31(46-50)35(39,40)41/h7-16,18,21-22H,3-6,17H2,1-2H3,(H,43,52). The molecule has 0 aliphatic heterocycles. The molecule has 11 nitrogen and oxygen atoms in total. The van der Waals surface area contributed by atoms with Gasteiger partial charge in [0.05, 0.1) is 46.2 Å². The van der Waals surface area contributed by atoms with Gasteiger partial charge in [0, 0.05) is 39.6 Å². The van der Waals surface area contributed by atoms with Gasteiger partial charge in [-0.1, -0.05) is 4.49 Å². The van der Waals surface area contributed by atoms with Gasteiger partial charge in [0.25, 0.3) is 0 Å². The minimum absolute atomic E-state index is 0.0203. The number of rotatable bonds is 10. The van der Waals surface area contributed by atoms with Crippen molar-refractivity contribution in [2.45, 2.75) is 70.3 Å². The van der Waals surface area contributed by atoms with E-state index in [4.69, 9.17) is 0 Å². The highest BCUT2D eigenvalue weighted by atomic mass is 32.1. The van der Waals surface area contributed by atoms with Crippen molar-refractivity contribution in [2.75, 3.05) is 15.3 Å². The highest BCUT2D eigenvalue weighted by Crippen LogP contribution is 2.44. The van der Waals surface area contributed by atoms with Gasteiger partial charge in [-0.2, -0.15) is 36.5 Å². The van der Waals surface area contributed by atoms with E-state index in [1.54, 1.807) is 66.0 Å². The van der Waals surface area contributed by atoms with Crippen molar-refractivity contribution in [1.29, 1.82) is 0 Å². The van der Waals surface area contributed by atoms with Crippen LogP contribution in [0.3, 0.4) is 0 Å². The predicted octanol–water partition coefficient (Wildman–Crippen LogP) is 9.44. The number of anilines is 3. The summed E-state index contributed by atoms with van der Waals surface area (Å²) in [7, 11) is 0. The molecule has 6 aromatic rings. The van der Waals surface area contributed by atoms with E-state index < -0.39 is 29.8 Å². The minimum atomic E-state index is -4.62. The number of amides is 2. The van der Waals surface area contributed by atoms with Crippen LogP contribution in [0.1, 0.15) is 76.6 Å². The molecule has 0 atom stereocenters. The van der Waals surface area contributed by atoms with Crippen molar-refractivity contribution in [3.05, 3.63) is 105 Å². The molecule has 19 heteroatoms. The number of hydrazine groups is 1. The van der Waals surface area contributed by atoms with Crippen molar-refractivity contribution in [3.8, 4) is 11.4 Å². The number of aromatic nitrogens is 7. The van der Waals surface area contributed by atoms with Gasteiger partial charge in [-0.25, -0.2) is 24.2 Å². The van der Waals surface area contributed by atoms with Gasteiger partial charge in [-0.05, 0) is 100 Å². The Bertz CT molecular complexity index is 2300. The van der Waals surface area contributed by atoms with Crippen molar-refractivity contribution >= 4 is 45.3 Å². The molecule has 0 unspecified atom stereocenters. The molecule has 0 bridgehead atoms. The van der Waals surface area contributed by atoms with E-state index in [2.05, 4.69) is 30.1 Å². The van der Waals surface area contributed by atoms with Gasteiger partial charge in [-0.3, -0.25) is 10.3 Å². The molecule has 0 saturated heterocycles. The first-order valence-electron chi connectivity index (χ1n) is 16.9. The summed E-state index contributed by atoms with van der Waals surface area (Å²) in [4.78, 5) is 19.6. The van der Waals surface area contributed by atoms with Crippen molar-refractivity contribution < 1.29 is 31.1 Å². The molecule has 0 radical (unpaired) electrons. The van der Waals surface area contributed by atoms with E-state index in [0.717, 1.165) is 59.9 Å². The maximum absolute atomic E-state index is 14.4. The molecule has 8 rings (SSSR count). The zero-order chi connectivity index (χ0) is 37.9. The van der Waals surface area contributed by atoms with E-state index in [1.807, 2.05) is 6.92 Å². The Morgan fingerprint density at radius 3 is 1.74 bits per heavy atom. The number of aryl methyl sites for hydroxylation is 2. The van der Waals surface area contributed by atoms with Gasteiger partial charge in [0.1, 0.15) is 5.00 Å². The summed E-state index contributed by atoms with van der Waals surface area (Å²) in [6.07, 6.45) is -6.16. The van der Waals surface area contributed by atoms with Gasteiger partial charge in [-0.15, -0.1) is 16.4 Å². The molecule has 2 fully saturated rings. The SMILES string of the molecule is Cc1ncsc1CN(c1ccc(-n2nc(C(F)(F)F)cc2C2CC2)cc1)N(C(=O)Nc1snnc1C)c1ccc(-n2nc(C(F)(F)F)cc2C2CC2)cc1. The van der Waals surface area contributed by atoms with Crippen LogP contribution >= 0.6 is 22.9 Å². The summed E-state index contributed by atoms with van der Waals surface area (Å²) < 4.78 is 88.7. The third-order valence-corrected chi connectivity index (χ3v) is 10.9. The van der Waals surface area contributed by atoms with Gasteiger partial charge >= 0.3 is 18.4 Å². The molecule has 2 amide bonds. The third-order valence-electron chi connectivity index (χ3n) is 9.22. The molecule has 0 spiro atoms. The summed E-state index contributed by atoms with van der Waals surface area (Å²) >= 11 is 2.38. The second-order valence-corrected chi connectivity index (χ2v) is 14.9. The maximum atomic E-state index is 14.4. The van der Waals surface area contributed by atoms with Gasteiger partial charge in [0.2, 0.25) is 0 Å². The van der Waals surface area contributed by atoms with Gasteiger partial charge < -0.3 is 0 Å². The highest BCUT2D eigenvalue weighted by molar-refractivity contribution is 7.10. The zero-order valence-corrected chi connectivity index (χ0v) is 30.2. The minimum Gasteiger partial charge on any atom is -0.295 e. The van der Waals surface area contributed by atoms with Crippen LogP contribution in [0.2, 0.25) is 0 Å². The van der Waals surface area contributed by atoms with Crippen LogP contribution in [0.5, 0.6) is 0 Å². The summed E-state index contributed by atoms with van der Waals surface area (Å²) in [5.41, 5.74) is 3.56. The van der Waals surface area contributed by atoms with Crippen LogP contribution in [0.15, 0.2) is 66.2 Å². The van der Waals surface area contributed by atoms with E-state index in [1.165, 1.54) is 25.7 Å². The number of nitrogens with one attached hydrogen (secondary N) is 1. The Balaban J connectivity index is 1.20. The number of hydrogen-bond acceptors (Lipinski definition) is 9. The molecule has 2 aromatic carbocycles. The number of carbonyl (C=O) groups is 1. The summed E-state index contributed by atoms with van der Waals surface area (Å²) in [6, 6.07) is 14.7. The molecule has 4 heterocycles. The Morgan fingerprint density at radius 1 is 0.796 bits per heavy atom. The number of hydrogen-bond donors (Lipinski definition) is 1. The first-order valence-corrected chi connectivity index (χ1v) is 18.5. The van der Waals surface area contributed by atoms with Crippen LogP contribution in [-0.4, -0.2) is 40.2 Å². The Morgan fingerprint density at radius 2 is 1.31 bits per heavy atom. The van der Waals surface area contributed by atoms with Crippen LogP contribution in [0, 0.1) is 13.8 Å². The fourth-order valence-electron chi connectivity index (χ4n) is 6.08. The fourth-order valence-corrected chi connectivity index (χ4v) is 7.39. The van der Waals surface area contributed by atoms with Crippen molar-refractivity contribution in [1.82, 2.24) is 34.1 Å². The van der Waals surface area contributed by atoms with Crippen LogP contribution in [0.25, 0.3) is 11.4 Å². The number of nitrogens with zero attached hydrogens (tertiary/aromatic N) is 9. The normalized spacial score (nSPS) is 14.7. The number of thiazole rings is 1. The lowest BCUT2D eigenvalue weighted by atomic mass is 10.2. The molecular weight excluding hydrogens is 755 g/mol. The molecule has 280 valence electrons. The lowest BCUT2D eigenvalue weighted by Gasteiger charge is -2.36. The molecule has 4 aromatic heterocycles. The smallest absolute Gasteiger partial charge is 0.295 e. The van der Waals surface area contributed by atoms with E-state index in [0.29, 0.717) is 44.8 Å². The molecule has 2 aliphatic rings. The molecule has 2 saturated carbocycles. The summed E-state index contributed by atoms with van der Waals surface area (Å²) in [5, 5.41) is 18.2. The maximum Gasteiger partial charge on any atom is 0.435 e. The second-order valence-electron chi connectivity index (χ2n) is 13.2. The molecule has 54 heavy (non-hydrogen) atoms. The van der Waals surface area contributed by atoms with Crippen LogP contribution in [-0.2, 0) is 18.9 Å². The highest BCUT2D eigenvalue weighted by Gasteiger charge is 2.39. The first-order chi connectivity index (χ1) is 25.7. The number of halogens is 6. The molecule has 2 aliphatic carbocycles. The average Bonchev–Trinajstić information content (AvgIpc) is 3.97. The topological polar surface area (TPSA) is 110 Å². The monoisotopic (exact) mass is 784 g/mol. The van der Waals surface area contributed by atoms with Crippen molar-refractivity contribution in [3.63, 3.8) is 0 Å². The van der Waals surface area contributed by atoms with Crippen molar-refractivity contribution in [2.24, 2.45) is 0 Å². The van der Waals surface area contributed by atoms with Crippen LogP contribution in [0.4, 0.5) is 47.5 Å². The Kier molecular flexibility index (Phi) is 8.95. The van der Waals surface area contributed by atoms with E-state index in [-0.39, 0.29) is 18.4 Å². The number of benzene rings is 2. The number of alkyl halides is 6. The van der Waals surface area contributed by atoms with E-state index in [9.17, 15) is 31.1 Å². The largest absolute Gasteiger partial charge is 0.435 e. The molecule has 1 N–H and O–H groups in total. The lowest BCUT2D eigenvalue weighted by Crippen LogP contribution is -2.49. The zero-order valence-electron chi connectivity index (χ0n) is 28.6. The average molecular weight is 785 g/mol. The first kappa shape index (κ1) is 35.7. The van der Waals surface area contributed by atoms with Gasteiger partial charge in [0.15, 0.2) is 11.4 Å². The lowest BCUT2D eigenvalue weighted by molar-refractivity contribution is -0.142. The number of urea groups is 1. The number of carbonyl (C=O) groups excluding carboxylic acids is 1. The van der Waals surface area contributed by atoms with E-state index >= 15 is 0 Å². The summed E-state index contributed by atoms with van der Waals surface area (Å²) in [5.74, 6) is -0.0527. The van der Waals surface area contributed by atoms with Crippen LogP contribution < -0.4 is 15.3 Å². The Hall–Kier alpha value is -5.30. The summed E-state index contributed by atoms with van der Waals surface area (Å²) in [6.45, 7) is 3.69. The molecular formula is C35H30F6N10OS2. The fraction of sp³-hybridized carbons (Fsp3) is 0.314.